The smallest absolute Gasteiger partial charge is 0.127 e. The van der Waals surface area contributed by atoms with Crippen molar-refractivity contribution in [1.29, 1.82) is 5.26 Å². The Kier molecular flexibility index (Phi) is 3.70. The van der Waals surface area contributed by atoms with Gasteiger partial charge in [0, 0.05) is 22.7 Å². The SMILES string of the molecule is CC(C#N)(Nc1cccc(Br)c1)C1CCOC1. The van der Waals surface area contributed by atoms with Crippen molar-refractivity contribution in [3.63, 3.8) is 0 Å². The highest BCUT2D eigenvalue weighted by molar-refractivity contribution is 9.10. The van der Waals surface area contributed by atoms with Crippen LogP contribution in [0.5, 0.6) is 0 Å². The van der Waals surface area contributed by atoms with Crippen molar-refractivity contribution in [1.82, 2.24) is 0 Å². The van der Waals surface area contributed by atoms with E-state index in [-0.39, 0.29) is 5.92 Å². The van der Waals surface area contributed by atoms with Crippen LogP contribution in [0.15, 0.2) is 28.7 Å². The fraction of sp³-hybridized carbons (Fsp3) is 0.462. The number of halogens is 1. The summed E-state index contributed by atoms with van der Waals surface area (Å²) in [5, 5.41) is 12.7. The molecule has 1 heterocycles. The zero-order valence-corrected chi connectivity index (χ0v) is 11.3. The van der Waals surface area contributed by atoms with Gasteiger partial charge in [-0.15, -0.1) is 0 Å². The van der Waals surface area contributed by atoms with Crippen LogP contribution >= 0.6 is 15.9 Å². The van der Waals surface area contributed by atoms with Crippen molar-refractivity contribution in [2.75, 3.05) is 18.5 Å². The summed E-state index contributed by atoms with van der Waals surface area (Å²) in [6.07, 6.45) is 0.936. The summed E-state index contributed by atoms with van der Waals surface area (Å²) >= 11 is 3.43. The molecule has 0 bridgehead atoms. The van der Waals surface area contributed by atoms with Crippen molar-refractivity contribution in [3.05, 3.63) is 28.7 Å². The molecule has 1 N–H and O–H groups in total. The quantitative estimate of drug-likeness (QED) is 0.931. The predicted octanol–water partition coefficient (Wildman–Crippen LogP) is 3.18. The summed E-state index contributed by atoms with van der Waals surface area (Å²) in [7, 11) is 0. The highest BCUT2D eigenvalue weighted by Crippen LogP contribution is 2.29. The molecule has 0 saturated carbocycles. The van der Waals surface area contributed by atoms with Gasteiger partial charge in [-0.05, 0) is 31.5 Å². The summed E-state index contributed by atoms with van der Waals surface area (Å²) in [6.45, 7) is 3.35. The highest BCUT2D eigenvalue weighted by Gasteiger charge is 2.36. The number of anilines is 1. The van der Waals surface area contributed by atoms with Gasteiger partial charge in [0.05, 0.1) is 12.7 Å². The second-order valence-corrected chi connectivity index (χ2v) is 5.43. The average molecular weight is 295 g/mol. The molecule has 90 valence electrons. The summed E-state index contributed by atoms with van der Waals surface area (Å²) in [6, 6.07) is 10.2. The number of hydrogen-bond donors (Lipinski definition) is 1. The largest absolute Gasteiger partial charge is 0.381 e. The van der Waals surface area contributed by atoms with Crippen molar-refractivity contribution in [2.45, 2.75) is 18.9 Å². The molecule has 0 aliphatic carbocycles. The Morgan fingerprint density at radius 1 is 1.59 bits per heavy atom. The number of benzene rings is 1. The molecular formula is C13H15BrN2O. The summed E-state index contributed by atoms with van der Waals surface area (Å²) in [5.41, 5.74) is 0.382. The normalized spacial score (nSPS) is 22.8. The van der Waals surface area contributed by atoms with Gasteiger partial charge in [-0.3, -0.25) is 0 Å². The number of ether oxygens (including phenoxy) is 1. The molecule has 1 aliphatic rings. The number of nitrogens with one attached hydrogen (secondary N) is 1. The van der Waals surface area contributed by atoms with Gasteiger partial charge in [0.1, 0.15) is 5.54 Å². The standard InChI is InChI=1S/C13H15BrN2O/c1-13(9-15,10-5-6-17-8-10)16-12-4-2-3-11(14)7-12/h2-4,7,10,16H,5-6,8H2,1H3. The molecule has 1 aromatic carbocycles. The highest BCUT2D eigenvalue weighted by atomic mass is 79.9. The fourth-order valence-electron chi connectivity index (χ4n) is 2.08. The number of rotatable bonds is 3. The van der Waals surface area contributed by atoms with E-state index in [4.69, 9.17) is 4.74 Å². The number of nitrogens with zero attached hydrogens (tertiary/aromatic N) is 1. The van der Waals surface area contributed by atoms with Gasteiger partial charge in [0.25, 0.3) is 0 Å². The molecule has 1 aliphatic heterocycles. The van der Waals surface area contributed by atoms with E-state index < -0.39 is 5.54 Å². The first-order valence-corrected chi connectivity index (χ1v) is 6.46. The first kappa shape index (κ1) is 12.4. The lowest BCUT2D eigenvalue weighted by atomic mass is 9.86. The van der Waals surface area contributed by atoms with Crippen LogP contribution in [0.1, 0.15) is 13.3 Å². The third-order valence-corrected chi connectivity index (χ3v) is 3.70. The Morgan fingerprint density at radius 3 is 3.00 bits per heavy atom. The second kappa shape index (κ2) is 5.07. The molecule has 2 unspecified atom stereocenters. The first-order chi connectivity index (χ1) is 8.14. The van der Waals surface area contributed by atoms with Gasteiger partial charge in [-0.2, -0.15) is 5.26 Å². The van der Waals surface area contributed by atoms with Crippen molar-refractivity contribution in [2.24, 2.45) is 5.92 Å². The van der Waals surface area contributed by atoms with Crippen molar-refractivity contribution < 1.29 is 4.74 Å². The summed E-state index contributed by atoms with van der Waals surface area (Å²) in [4.78, 5) is 0. The molecule has 0 aromatic heterocycles. The molecule has 0 spiro atoms. The van der Waals surface area contributed by atoms with Crippen LogP contribution in [0.25, 0.3) is 0 Å². The topological polar surface area (TPSA) is 45.0 Å². The minimum Gasteiger partial charge on any atom is -0.381 e. The Balaban J connectivity index is 2.17. The lowest BCUT2D eigenvalue weighted by molar-refractivity contribution is 0.178. The van der Waals surface area contributed by atoms with Crippen LogP contribution < -0.4 is 5.32 Å². The van der Waals surface area contributed by atoms with Crippen LogP contribution in [-0.2, 0) is 4.74 Å². The number of hydrogen-bond acceptors (Lipinski definition) is 3. The Bertz CT molecular complexity index is 437. The van der Waals surface area contributed by atoms with E-state index in [1.807, 2.05) is 31.2 Å². The third-order valence-electron chi connectivity index (χ3n) is 3.21. The van der Waals surface area contributed by atoms with Crippen molar-refractivity contribution in [3.8, 4) is 6.07 Å². The molecular weight excluding hydrogens is 280 g/mol. The van der Waals surface area contributed by atoms with Crippen LogP contribution in [0.2, 0.25) is 0 Å². The van der Waals surface area contributed by atoms with E-state index in [9.17, 15) is 5.26 Å². The minimum absolute atomic E-state index is 0.242. The van der Waals surface area contributed by atoms with Gasteiger partial charge in [0.15, 0.2) is 0 Å². The van der Waals surface area contributed by atoms with E-state index in [2.05, 4.69) is 27.3 Å². The first-order valence-electron chi connectivity index (χ1n) is 5.67. The molecule has 1 saturated heterocycles. The summed E-state index contributed by atoms with van der Waals surface area (Å²) in [5.74, 6) is 0.242. The molecule has 3 nitrogen and oxygen atoms in total. The fourth-order valence-corrected chi connectivity index (χ4v) is 2.48. The van der Waals surface area contributed by atoms with E-state index in [0.29, 0.717) is 6.61 Å². The lowest BCUT2D eigenvalue weighted by Crippen LogP contribution is -2.41. The minimum atomic E-state index is -0.572. The lowest BCUT2D eigenvalue weighted by Gasteiger charge is -2.29. The van der Waals surface area contributed by atoms with Gasteiger partial charge >= 0.3 is 0 Å². The van der Waals surface area contributed by atoms with E-state index >= 15 is 0 Å². The van der Waals surface area contributed by atoms with Gasteiger partial charge in [0.2, 0.25) is 0 Å². The molecule has 0 amide bonds. The predicted molar refractivity (Wildman–Crippen MR) is 70.7 cm³/mol. The van der Waals surface area contributed by atoms with Gasteiger partial charge < -0.3 is 10.1 Å². The maximum Gasteiger partial charge on any atom is 0.127 e. The van der Waals surface area contributed by atoms with E-state index in [1.165, 1.54) is 0 Å². The molecule has 2 rings (SSSR count). The molecule has 0 radical (unpaired) electrons. The Hall–Kier alpha value is -1.05. The molecule has 17 heavy (non-hydrogen) atoms. The third kappa shape index (κ3) is 2.80. The average Bonchev–Trinajstić information content (AvgIpc) is 2.83. The maximum atomic E-state index is 9.40. The van der Waals surface area contributed by atoms with Crippen LogP contribution in [0, 0.1) is 17.2 Å². The van der Waals surface area contributed by atoms with E-state index in [1.54, 1.807) is 0 Å². The van der Waals surface area contributed by atoms with Gasteiger partial charge in [-0.25, -0.2) is 0 Å². The maximum absolute atomic E-state index is 9.40. The second-order valence-electron chi connectivity index (χ2n) is 4.51. The van der Waals surface area contributed by atoms with Crippen molar-refractivity contribution >= 4 is 21.6 Å². The molecule has 4 heteroatoms. The molecule has 1 aromatic rings. The summed E-state index contributed by atoms with van der Waals surface area (Å²) < 4.78 is 6.37. The zero-order valence-electron chi connectivity index (χ0n) is 9.74. The van der Waals surface area contributed by atoms with Gasteiger partial charge in [-0.1, -0.05) is 22.0 Å². The molecule has 1 fully saturated rings. The zero-order chi connectivity index (χ0) is 12.3. The van der Waals surface area contributed by atoms with Crippen LogP contribution in [0.4, 0.5) is 5.69 Å². The van der Waals surface area contributed by atoms with E-state index in [0.717, 1.165) is 23.2 Å². The van der Waals surface area contributed by atoms with Crippen LogP contribution in [-0.4, -0.2) is 18.8 Å². The Morgan fingerprint density at radius 2 is 2.41 bits per heavy atom. The monoisotopic (exact) mass is 294 g/mol. The molecule has 2 atom stereocenters. The van der Waals surface area contributed by atoms with Crippen LogP contribution in [0.3, 0.4) is 0 Å². The Labute approximate surface area is 110 Å². The number of nitriles is 1.